The van der Waals surface area contributed by atoms with E-state index in [1.54, 1.807) is 11.3 Å². The van der Waals surface area contributed by atoms with Crippen molar-refractivity contribution in [3.63, 3.8) is 0 Å². The van der Waals surface area contributed by atoms with Gasteiger partial charge in [-0.2, -0.15) is 0 Å². The Balaban J connectivity index is 2.15. The van der Waals surface area contributed by atoms with Crippen molar-refractivity contribution in [2.45, 2.75) is 13.0 Å². The maximum atomic E-state index is 5.94. The van der Waals surface area contributed by atoms with Gasteiger partial charge in [-0.25, -0.2) is 0 Å². The lowest BCUT2D eigenvalue weighted by Gasteiger charge is -2.15. The highest BCUT2D eigenvalue weighted by molar-refractivity contribution is 14.1. The molecule has 2 aromatic rings. The van der Waals surface area contributed by atoms with Crippen LogP contribution in [0.1, 0.15) is 17.8 Å². The molecule has 90 valence electrons. The largest absolute Gasteiger partial charge is 0.377 e. The van der Waals surface area contributed by atoms with Gasteiger partial charge in [0.15, 0.2) is 0 Å². The van der Waals surface area contributed by atoms with Gasteiger partial charge in [0.05, 0.1) is 6.04 Å². The molecule has 0 aliphatic rings. The van der Waals surface area contributed by atoms with Crippen LogP contribution in [0.4, 0.5) is 5.69 Å². The molecule has 0 aliphatic carbocycles. The second kappa shape index (κ2) is 5.91. The highest BCUT2D eigenvalue weighted by atomic mass is 127. The third kappa shape index (κ3) is 3.59. The van der Waals surface area contributed by atoms with Crippen molar-refractivity contribution in [2.24, 2.45) is 0 Å². The van der Waals surface area contributed by atoms with E-state index < -0.39 is 0 Å². The lowest BCUT2D eigenvalue weighted by atomic mass is 10.2. The Morgan fingerprint density at radius 1 is 1.41 bits per heavy atom. The van der Waals surface area contributed by atoms with Gasteiger partial charge in [0.25, 0.3) is 0 Å². The molecule has 1 N–H and O–H groups in total. The summed E-state index contributed by atoms with van der Waals surface area (Å²) in [7, 11) is 0. The quantitative estimate of drug-likeness (QED) is 0.580. The van der Waals surface area contributed by atoms with E-state index in [9.17, 15) is 0 Å². The van der Waals surface area contributed by atoms with Gasteiger partial charge in [-0.1, -0.05) is 11.6 Å². The molecule has 0 spiro atoms. The molecule has 0 bridgehead atoms. The van der Waals surface area contributed by atoms with E-state index in [4.69, 9.17) is 11.6 Å². The van der Waals surface area contributed by atoms with Crippen molar-refractivity contribution >= 4 is 67.1 Å². The van der Waals surface area contributed by atoms with Crippen LogP contribution in [0.5, 0.6) is 0 Å². The van der Waals surface area contributed by atoms with Crippen molar-refractivity contribution in [3.8, 4) is 0 Å². The summed E-state index contributed by atoms with van der Waals surface area (Å²) < 4.78 is 2.27. The maximum absolute atomic E-state index is 5.94. The summed E-state index contributed by atoms with van der Waals surface area (Å²) in [6, 6.07) is 8.32. The molecule has 2 rings (SSSR count). The first kappa shape index (κ1) is 13.6. The monoisotopic (exact) mass is 441 g/mol. The Morgan fingerprint density at radius 2 is 2.18 bits per heavy atom. The molecule has 0 aliphatic heterocycles. The highest BCUT2D eigenvalue weighted by Gasteiger charge is 2.09. The minimum atomic E-state index is 0.293. The number of hydrogen-bond acceptors (Lipinski definition) is 2. The Labute approximate surface area is 132 Å². The van der Waals surface area contributed by atoms with E-state index in [0.29, 0.717) is 6.04 Å². The summed E-state index contributed by atoms with van der Waals surface area (Å²) in [4.78, 5) is 1.31. The lowest BCUT2D eigenvalue weighted by molar-refractivity contribution is 0.906. The molecule has 1 unspecified atom stereocenters. The minimum absolute atomic E-state index is 0.293. The Morgan fingerprint density at radius 3 is 2.76 bits per heavy atom. The van der Waals surface area contributed by atoms with Crippen molar-refractivity contribution < 1.29 is 0 Å². The van der Waals surface area contributed by atoms with Gasteiger partial charge in [0.2, 0.25) is 0 Å². The molecule has 1 heterocycles. The highest BCUT2D eigenvalue weighted by Crippen LogP contribution is 2.30. The number of thiophene rings is 1. The molecule has 0 radical (unpaired) electrons. The number of anilines is 1. The number of benzene rings is 1. The van der Waals surface area contributed by atoms with E-state index in [-0.39, 0.29) is 0 Å². The zero-order valence-electron chi connectivity index (χ0n) is 9.01. The first-order valence-electron chi connectivity index (χ1n) is 5.02. The number of halogens is 3. The summed E-state index contributed by atoms with van der Waals surface area (Å²) in [6.07, 6.45) is 0. The summed E-state index contributed by atoms with van der Waals surface area (Å²) in [5.74, 6) is 0. The van der Waals surface area contributed by atoms with Gasteiger partial charge < -0.3 is 5.32 Å². The van der Waals surface area contributed by atoms with Crippen molar-refractivity contribution in [1.82, 2.24) is 0 Å². The van der Waals surface area contributed by atoms with E-state index in [0.717, 1.165) is 18.8 Å². The average Bonchev–Trinajstić information content (AvgIpc) is 2.69. The normalized spacial score (nSPS) is 12.5. The fourth-order valence-corrected chi connectivity index (χ4v) is 3.95. The van der Waals surface area contributed by atoms with Gasteiger partial charge in [-0.15, -0.1) is 11.3 Å². The molecular formula is C12H10BrClINS. The standard InChI is InChI=1S/C12H10BrClINS/c1-7(12-4-8(13)6-17-12)16-11-3-2-9(14)5-10(11)15/h2-7,16H,1H3. The van der Waals surface area contributed by atoms with Crippen LogP contribution in [-0.4, -0.2) is 0 Å². The van der Waals surface area contributed by atoms with Crippen LogP contribution in [0.2, 0.25) is 5.02 Å². The Hall–Kier alpha value is 0.220. The fourth-order valence-electron chi connectivity index (χ4n) is 1.47. The molecular weight excluding hydrogens is 432 g/mol. The van der Waals surface area contributed by atoms with Crippen LogP contribution in [0.25, 0.3) is 0 Å². The maximum Gasteiger partial charge on any atom is 0.0579 e. The molecule has 17 heavy (non-hydrogen) atoms. The molecule has 1 aromatic heterocycles. The van der Waals surface area contributed by atoms with Gasteiger partial charge in [0, 0.05) is 29.0 Å². The molecule has 0 fully saturated rings. The number of rotatable bonds is 3. The second-order valence-corrected chi connectivity index (χ2v) is 7.11. The predicted molar refractivity (Wildman–Crippen MR) is 88.2 cm³/mol. The molecule has 0 saturated carbocycles. The second-order valence-electron chi connectivity index (χ2n) is 3.66. The van der Waals surface area contributed by atoms with Gasteiger partial charge in [0.1, 0.15) is 0 Å². The van der Waals surface area contributed by atoms with Gasteiger partial charge in [-0.3, -0.25) is 0 Å². The average molecular weight is 443 g/mol. The first-order chi connectivity index (χ1) is 8.06. The van der Waals surface area contributed by atoms with Crippen molar-refractivity contribution in [3.05, 3.63) is 47.6 Å². The van der Waals surface area contributed by atoms with Crippen LogP contribution >= 0.6 is 61.5 Å². The molecule has 1 nitrogen and oxygen atoms in total. The number of nitrogens with one attached hydrogen (secondary N) is 1. The van der Waals surface area contributed by atoms with Gasteiger partial charge >= 0.3 is 0 Å². The summed E-state index contributed by atoms with van der Waals surface area (Å²) in [5.41, 5.74) is 1.12. The molecule has 0 saturated heterocycles. The Bertz CT molecular complexity index is 529. The first-order valence-corrected chi connectivity index (χ1v) is 8.14. The van der Waals surface area contributed by atoms with Crippen LogP contribution in [0.15, 0.2) is 34.1 Å². The third-order valence-corrected chi connectivity index (χ3v) is 5.32. The summed E-state index contributed by atoms with van der Waals surface area (Å²) >= 11 is 13.4. The zero-order valence-corrected chi connectivity index (χ0v) is 14.3. The fraction of sp³-hybridized carbons (Fsp3) is 0.167. The Kier molecular flexibility index (Phi) is 4.74. The summed E-state index contributed by atoms with van der Waals surface area (Å²) in [5, 5.41) is 6.36. The number of hydrogen-bond donors (Lipinski definition) is 1. The van der Waals surface area contributed by atoms with E-state index in [1.165, 1.54) is 4.88 Å². The van der Waals surface area contributed by atoms with Crippen LogP contribution < -0.4 is 5.32 Å². The lowest BCUT2D eigenvalue weighted by Crippen LogP contribution is -2.05. The van der Waals surface area contributed by atoms with Crippen LogP contribution in [0.3, 0.4) is 0 Å². The molecule has 1 aromatic carbocycles. The topological polar surface area (TPSA) is 12.0 Å². The molecule has 1 atom stereocenters. The molecule has 0 amide bonds. The smallest absolute Gasteiger partial charge is 0.0579 e. The van der Waals surface area contributed by atoms with Crippen molar-refractivity contribution in [2.75, 3.05) is 5.32 Å². The van der Waals surface area contributed by atoms with E-state index >= 15 is 0 Å². The minimum Gasteiger partial charge on any atom is -0.377 e. The third-order valence-electron chi connectivity index (χ3n) is 2.32. The predicted octanol–water partition coefficient (Wildman–Crippen LogP) is 5.94. The summed E-state index contributed by atoms with van der Waals surface area (Å²) in [6.45, 7) is 2.16. The molecule has 5 heteroatoms. The van der Waals surface area contributed by atoms with Gasteiger partial charge in [-0.05, 0) is 69.7 Å². The van der Waals surface area contributed by atoms with E-state index in [1.807, 2.05) is 18.2 Å². The SMILES string of the molecule is CC(Nc1ccc(Cl)cc1I)c1cc(Br)cs1. The zero-order chi connectivity index (χ0) is 12.4. The van der Waals surface area contributed by atoms with Crippen LogP contribution in [-0.2, 0) is 0 Å². The van der Waals surface area contributed by atoms with Crippen LogP contribution in [0, 0.1) is 3.57 Å². The van der Waals surface area contributed by atoms with Crippen molar-refractivity contribution in [1.29, 1.82) is 0 Å². The van der Waals surface area contributed by atoms with E-state index in [2.05, 4.69) is 62.2 Å².